The molecule has 0 aromatic carbocycles. The molecule has 0 spiro atoms. The van der Waals surface area contributed by atoms with Crippen LogP contribution in [-0.2, 0) is 4.74 Å². The molecule has 3 aliphatic heterocycles. The normalized spacial score (nSPS) is 42.9. The zero-order valence-corrected chi connectivity index (χ0v) is 7.53. The minimum absolute atomic E-state index is 0.102. The zero-order chi connectivity index (χ0) is 8.84. The van der Waals surface area contributed by atoms with Crippen molar-refractivity contribution in [1.82, 2.24) is 10.2 Å². The van der Waals surface area contributed by atoms with Crippen LogP contribution < -0.4 is 5.32 Å². The molecule has 0 aromatic heterocycles. The number of amides is 1. The largest absolute Gasteiger partial charge is 0.449 e. The van der Waals surface area contributed by atoms with Gasteiger partial charge >= 0.3 is 6.09 Å². The number of nitrogens with one attached hydrogen (secondary N) is 1. The van der Waals surface area contributed by atoms with Gasteiger partial charge in [-0.15, -0.1) is 0 Å². The second-order valence-corrected chi connectivity index (χ2v) is 4.17. The van der Waals surface area contributed by atoms with Crippen molar-refractivity contribution in [3.05, 3.63) is 0 Å². The molecule has 1 N–H and O–H groups in total. The first-order valence-corrected chi connectivity index (χ1v) is 5.04. The molecule has 3 saturated heterocycles. The number of carbonyl (C=O) groups is 1. The molecule has 0 aromatic rings. The zero-order valence-electron chi connectivity index (χ0n) is 7.53. The molecule has 3 atom stereocenters. The lowest BCUT2D eigenvalue weighted by Gasteiger charge is -2.42. The van der Waals surface area contributed by atoms with Gasteiger partial charge in [0.15, 0.2) is 0 Å². The van der Waals surface area contributed by atoms with Crippen molar-refractivity contribution in [3.8, 4) is 0 Å². The second kappa shape index (κ2) is 2.61. The molecule has 2 bridgehead atoms. The SMILES string of the molecule is O=C1OCC[C@@H]2[C@@H]3CC[C@H](CN12)N3. The maximum Gasteiger partial charge on any atom is 0.410 e. The van der Waals surface area contributed by atoms with E-state index in [0.29, 0.717) is 24.7 Å². The molecule has 4 heteroatoms. The maximum absolute atomic E-state index is 11.4. The van der Waals surface area contributed by atoms with Crippen LogP contribution in [0.2, 0.25) is 0 Å². The van der Waals surface area contributed by atoms with E-state index in [-0.39, 0.29) is 6.09 Å². The lowest BCUT2D eigenvalue weighted by Crippen LogP contribution is -2.61. The number of hydrogen-bond donors (Lipinski definition) is 1. The molecular weight excluding hydrogens is 168 g/mol. The van der Waals surface area contributed by atoms with Crippen molar-refractivity contribution in [1.29, 1.82) is 0 Å². The number of rotatable bonds is 0. The van der Waals surface area contributed by atoms with Crippen LogP contribution in [0.25, 0.3) is 0 Å². The minimum Gasteiger partial charge on any atom is -0.449 e. The molecule has 3 heterocycles. The van der Waals surface area contributed by atoms with Gasteiger partial charge in [0.2, 0.25) is 0 Å². The van der Waals surface area contributed by atoms with E-state index >= 15 is 0 Å². The fourth-order valence-corrected chi connectivity index (χ4v) is 2.80. The van der Waals surface area contributed by atoms with Crippen molar-refractivity contribution in [3.63, 3.8) is 0 Å². The Labute approximate surface area is 77.2 Å². The van der Waals surface area contributed by atoms with Gasteiger partial charge in [-0.3, -0.25) is 0 Å². The van der Waals surface area contributed by atoms with Crippen molar-refractivity contribution in [2.75, 3.05) is 13.2 Å². The number of ether oxygens (including phenoxy) is 1. The third kappa shape index (κ3) is 1.05. The molecule has 0 saturated carbocycles. The van der Waals surface area contributed by atoms with Crippen LogP contribution in [0.15, 0.2) is 0 Å². The number of fused-ring (bicyclic) bond motifs is 4. The minimum atomic E-state index is -0.102. The standard InChI is InChI=1S/C9H14N2O2/c12-9-11-5-6-1-2-7(10-6)8(11)3-4-13-9/h6-8,10H,1-5H2/t6-,7+,8-/m1/s1. The van der Waals surface area contributed by atoms with E-state index in [1.807, 2.05) is 4.90 Å². The van der Waals surface area contributed by atoms with Crippen molar-refractivity contribution < 1.29 is 9.53 Å². The van der Waals surface area contributed by atoms with E-state index in [1.165, 1.54) is 12.8 Å². The van der Waals surface area contributed by atoms with Crippen LogP contribution in [0.4, 0.5) is 4.79 Å². The summed E-state index contributed by atoms with van der Waals surface area (Å²) < 4.78 is 5.03. The molecule has 0 aliphatic carbocycles. The lowest BCUT2D eigenvalue weighted by atomic mass is 10.0. The Kier molecular flexibility index (Phi) is 1.53. The molecule has 3 rings (SSSR count). The van der Waals surface area contributed by atoms with Gasteiger partial charge in [0, 0.05) is 25.0 Å². The first kappa shape index (κ1) is 7.62. The van der Waals surface area contributed by atoms with Crippen LogP contribution in [0, 0.1) is 0 Å². The monoisotopic (exact) mass is 182 g/mol. The second-order valence-electron chi connectivity index (χ2n) is 4.17. The summed E-state index contributed by atoms with van der Waals surface area (Å²) in [6.07, 6.45) is 3.33. The van der Waals surface area contributed by atoms with E-state index in [9.17, 15) is 4.79 Å². The Morgan fingerprint density at radius 2 is 2.31 bits per heavy atom. The van der Waals surface area contributed by atoms with E-state index < -0.39 is 0 Å². The van der Waals surface area contributed by atoms with Gasteiger partial charge in [0.1, 0.15) is 0 Å². The molecule has 0 unspecified atom stereocenters. The van der Waals surface area contributed by atoms with E-state index in [0.717, 1.165) is 13.0 Å². The van der Waals surface area contributed by atoms with E-state index in [1.54, 1.807) is 0 Å². The summed E-state index contributed by atoms with van der Waals surface area (Å²) in [5.41, 5.74) is 0. The fourth-order valence-electron chi connectivity index (χ4n) is 2.80. The smallest absolute Gasteiger partial charge is 0.410 e. The highest BCUT2D eigenvalue weighted by atomic mass is 16.6. The summed E-state index contributed by atoms with van der Waals surface area (Å²) in [7, 11) is 0. The average molecular weight is 182 g/mol. The first-order chi connectivity index (χ1) is 6.34. The Morgan fingerprint density at radius 3 is 3.23 bits per heavy atom. The topological polar surface area (TPSA) is 41.6 Å². The van der Waals surface area contributed by atoms with E-state index in [4.69, 9.17) is 4.74 Å². The lowest BCUT2D eigenvalue weighted by molar-refractivity contribution is 0.0201. The molecule has 3 aliphatic rings. The molecule has 4 nitrogen and oxygen atoms in total. The maximum atomic E-state index is 11.4. The highest BCUT2D eigenvalue weighted by Crippen LogP contribution is 2.29. The number of nitrogens with zero attached hydrogens (tertiary/aromatic N) is 1. The number of cyclic esters (lactones) is 1. The molecule has 1 amide bonds. The van der Waals surface area contributed by atoms with Crippen LogP contribution in [0.1, 0.15) is 19.3 Å². The van der Waals surface area contributed by atoms with Crippen LogP contribution in [0.5, 0.6) is 0 Å². The predicted molar refractivity (Wildman–Crippen MR) is 46.4 cm³/mol. The highest BCUT2D eigenvalue weighted by Gasteiger charge is 2.44. The summed E-state index contributed by atoms with van der Waals surface area (Å²) in [4.78, 5) is 13.3. The van der Waals surface area contributed by atoms with Crippen LogP contribution in [-0.4, -0.2) is 42.3 Å². The Balaban J connectivity index is 1.86. The van der Waals surface area contributed by atoms with Gasteiger partial charge in [-0.1, -0.05) is 0 Å². The number of piperazine rings is 1. The number of hydrogen-bond acceptors (Lipinski definition) is 3. The molecule has 13 heavy (non-hydrogen) atoms. The van der Waals surface area contributed by atoms with Crippen LogP contribution >= 0.6 is 0 Å². The van der Waals surface area contributed by atoms with Crippen molar-refractivity contribution in [2.24, 2.45) is 0 Å². The summed E-state index contributed by atoms with van der Waals surface area (Å²) >= 11 is 0. The quantitative estimate of drug-likeness (QED) is 0.587. The Morgan fingerprint density at radius 1 is 1.38 bits per heavy atom. The van der Waals surface area contributed by atoms with Gasteiger partial charge in [0.25, 0.3) is 0 Å². The summed E-state index contributed by atoms with van der Waals surface area (Å²) in [5, 5.41) is 3.56. The summed E-state index contributed by atoms with van der Waals surface area (Å²) in [6, 6.07) is 1.46. The van der Waals surface area contributed by atoms with Gasteiger partial charge in [-0.05, 0) is 12.8 Å². The van der Waals surface area contributed by atoms with Gasteiger partial charge in [0.05, 0.1) is 12.6 Å². The van der Waals surface area contributed by atoms with Crippen LogP contribution in [0.3, 0.4) is 0 Å². The van der Waals surface area contributed by atoms with E-state index in [2.05, 4.69) is 5.32 Å². The molecule has 3 fully saturated rings. The summed E-state index contributed by atoms with van der Waals surface area (Å²) in [6.45, 7) is 1.45. The Hall–Kier alpha value is -0.770. The number of carbonyl (C=O) groups excluding carboxylic acids is 1. The molecule has 0 radical (unpaired) electrons. The van der Waals surface area contributed by atoms with Gasteiger partial charge < -0.3 is 15.0 Å². The Bertz CT molecular complexity index is 244. The highest BCUT2D eigenvalue weighted by molar-refractivity contribution is 5.69. The average Bonchev–Trinajstić information content (AvgIpc) is 2.51. The molecule has 72 valence electrons. The fraction of sp³-hybridized carbons (Fsp3) is 0.889. The van der Waals surface area contributed by atoms with Gasteiger partial charge in [-0.25, -0.2) is 4.79 Å². The van der Waals surface area contributed by atoms with Crippen molar-refractivity contribution in [2.45, 2.75) is 37.4 Å². The third-order valence-electron chi connectivity index (χ3n) is 3.43. The first-order valence-electron chi connectivity index (χ1n) is 5.04. The van der Waals surface area contributed by atoms with Crippen molar-refractivity contribution >= 4 is 6.09 Å². The summed E-state index contributed by atoms with van der Waals surface area (Å²) in [5.74, 6) is 0. The van der Waals surface area contributed by atoms with Gasteiger partial charge in [-0.2, -0.15) is 0 Å². The predicted octanol–water partition coefficient (Wildman–Crippen LogP) is 0.331. The third-order valence-corrected chi connectivity index (χ3v) is 3.43. The molecular formula is C9H14N2O2.